The van der Waals surface area contributed by atoms with Crippen LogP contribution in [0.3, 0.4) is 0 Å². The maximum atomic E-state index is 12.6. The first-order valence-electron chi connectivity index (χ1n) is 7.77. The number of nitrogens with zero attached hydrogens (tertiary/aromatic N) is 4. The number of halogens is 2. The number of hydrogen-bond acceptors (Lipinski definition) is 3. The Morgan fingerprint density at radius 3 is 3.04 bits per heavy atom. The Hall–Kier alpha value is -1.72. The molecule has 0 saturated carbocycles. The summed E-state index contributed by atoms with van der Waals surface area (Å²) in [6.07, 6.45) is 3.57. The van der Waals surface area contributed by atoms with E-state index in [0.717, 1.165) is 18.7 Å². The second-order valence-electron chi connectivity index (χ2n) is 5.76. The molecule has 0 spiro atoms. The van der Waals surface area contributed by atoms with Crippen molar-refractivity contribution in [2.45, 2.75) is 32.0 Å². The summed E-state index contributed by atoms with van der Waals surface area (Å²) >= 11 is 6.08. The minimum atomic E-state index is -0.454. The number of aryl methyl sites for hydroxylation is 2. The van der Waals surface area contributed by atoms with E-state index in [1.165, 1.54) is 17.5 Å². The third kappa shape index (κ3) is 3.62. The van der Waals surface area contributed by atoms with Crippen molar-refractivity contribution >= 4 is 11.6 Å². The fraction of sp³-hybridized carbons (Fsp3) is 0.412. The number of benzene rings is 1. The third-order valence-electron chi connectivity index (χ3n) is 4.25. The lowest BCUT2D eigenvalue weighted by Gasteiger charge is -2.29. The number of aromatic nitrogens is 3. The molecule has 1 aromatic carbocycles. The van der Waals surface area contributed by atoms with Crippen LogP contribution in [0.1, 0.15) is 29.4 Å². The molecule has 1 aliphatic carbocycles. The molecule has 23 heavy (non-hydrogen) atoms. The summed E-state index contributed by atoms with van der Waals surface area (Å²) in [5.41, 5.74) is 2.72. The summed E-state index contributed by atoms with van der Waals surface area (Å²) in [5, 5.41) is 4.68. The van der Waals surface area contributed by atoms with Gasteiger partial charge in [0.2, 0.25) is 0 Å². The predicted molar refractivity (Wildman–Crippen MR) is 88.9 cm³/mol. The molecule has 1 unspecified atom stereocenters. The van der Waals surface area contributed by atoms with Gasteiger partial charge in [-0.25, -0.2) is 14.1 Å². The van der Waals surface area contributed by atoms with Gasteiger partial charge in [0.25, 0.3) is 0 Å². The van der Waals surface area contributed by atoms with Crippen LogP contribution in [0.5, 0.6) is 0 Å². The van der Waals surface area contributed by atoms with Crippen LogP contribution in [0.4, 0.5) is 4.39 Å². The van der Waals surface area contributed by atoms with Crippen molar-refractivity contribution in [3.8, 4) is 0 Å². The third-order valence-corrected chi connectivity index (χ3v) is 4.37. The minimum Gasteiger partial charge on any atom is -0.284 e. The Bertz CT molecular complexity index is 685. The van der Waals surface area contributed by atoms with E-state index in [9.17, 15) is 4.39 Å². The van der Waals surface area contributed by atoms with Crippen LogP contribution in [0.2, 0.25) is 0 Å². The smallest absolute Gasteiger partial charge is 0.141 e. The second-order valence-corrected chi connectivity index (χ2v) is 6.30. The first-order valence-corrected chi connectivity index (χ1v) is 8.14. The lowest BCUT2D eigenvalue weighted by Crippen LogP contribution is -2.30. The van der Waals surface area contributed by atoms with Crippen molar-refractivity contribution in [2.75, 3.05) is 13.2 Å². The summed E-state index contributed by atoms with van der Waals surface area (Å²) in [5.74, 6) is 0.755. The highest BCUT2D eigenvalue weighted by Crippen LogP contribution is 2.36. The second kappa shape index (κ2) is 7.23. The lowest BCUT2D eigenvalue weighted by atomic mass is 10.1. The monoisotopic (exact) mass is 334 g/mol. The quantitative estimate of drug-likeness (QED) is 0.777. The number of fused-ring (bicyclic) bond motifs is 1. The highest BCUT2D eigenvalue weighted by Gasteiger charge is 2.28. The van der Waals surface area contributed by atoms with Gasteiger partial charge >= 0.3 is 0 Å². The highest BCUT2D eigenvalue weighted by molar-refractivity contribution is 6.29. The van der Waals surface area contributed by atoms with E-state index in [1.54, 1.807) is 4.68 Å². The molecule has 1 atom stereocenters. The molecule has 0 N–H and O–H groups in total. The van der Waals surface area contributed by atoms with Crippen LogP contribution >= 0.6 is 11.6 Å². The van der Waals surface area contributed by atoms with Crippen LogP contribution in [-0.2, 0) is 19.5 Å². The van der Waals surface area contributed by atoms with Gasteiger partial charge in [-0.3, -0.25) is 4.90 Å². The van der Waals surface area contributed by atoms with E-state index in [0.29, 0.717) is 18.1 Å². The fourth-order valence-electron chi connectivity index (χ4n) is 3.27. The molecule has 0 bridgehead atoms. The van der Waals surface area contributed by atoms with Crippen molar-refractivity contribution in [3.63, 3.8) is 0 Å². The number of hydrogen-bond donors (Lipinski definition) is 0. The van der Waals surface area contributed by atoms with Crippen LogP contribution in [0.25, 0.3) is 0 Å². The molecule has 2 aromatic rings. The zero-order chi connectivity index (χ0) is 16.2. The van der Waals surface area contributed by atoms with Gasteiger partial charge in [-0.2, -0.15) is 5.10 Å². The van der Waals surface area contributed by atoms with Gasteiger partial charge in [-0.05, 0) is 24.0 Å². The van der Waals surface area contributed by atoms with E-state index in [-0.39, 0.29) is 12.6 Å². The van der Waals surface area contributed by atoms with Gasteiger partial charge in [-0.15, -0.1) is 0 Å². The Balaban J connectivity index is 1.84. The summed E-state index contributed by atoms with van der Waals surface area (Å²) in [7, 11) is 0. The van der Waals surface area contributed by atoms with Gasteiger partial charge in [0.15, 0.2) is 0 Å². The van der Waals surface area contributed by atoms with E-state index in [1.807, 2.05) is 0 Å². The molecule has 0 fully saturated rings. The first kappa shape index (κ1) is 16.1. The Morgan fingerprint density at radius 1 is 1.43 bits per heavy atom. The predicted octanol–water partition coefficient (Wildman–Crippen LogP) is 3.49. The summed E-state index contributed by atoms with van der Waals surface area (Å²) in [6.45, 7) is 4.75. The summed E-state index contributed by atoms with van der Waals surface area (Å²) < 4.78 is 14.3. The number of rotatable bonds is 7. The Labute approximate surface area is 140 Å². The van der Waals surface area contributed by atoms with E-state index in [4.69, 9.17) is 11.6 Å². The molecule has 122 valence electrons. The molecule has 1 aromatic heterocycles. The van der Waals surface area contributed by atoms with Gasteiger partial charge in [0.05, 0.1) is 13.1 Å². The van der Waals surface area contributed by atoms with E-state index in [2.05, 4.69) is 45.8 Å². The zero-order valence-electron chi connectivity index (χ0n) is 13.0. The zero-order valence-corrected chi connectivity index (χ0v) is 13.7. The maximum Gasteiger partial charge on any atom is 0.141 e. The fourth-order valence-corrected chi connectivity index (χ4v) is 3.42. The molecule has 0 saturated heterocycles. The normalized spacial score (nSPS) is 16.7. The standard InChI is InChI=1S/C17H20ClFN4/c1-13(18)10-22(11-17-20-12-21-23(17)9-8-19)16-7-6-14-4-2-3-5-15(14)16/h2-5,12,16H,1,6-11H2. The van der Waals surface area contributed by atoms with Gasteiger partial charge in [0, 0.05) is 17.6 Å². The molecule has 6 heteroatoms. The van der Waals surface area contributed by atoms with Crippen molar-refractivity contribution in [1.29, 1.82) is 0 Å². The van der Waals surface area contributed by atoms with Crippen molar-refractivity contribution in [1.82, 2.24) is 19.7 Å². The van der Waals surface area contributed by atoms with Crippen molar-refractivity contribution in [2.24, 2.45) is 0 Å². The minimum absolute atomic E-state index is 0.228. The maximum absolute atomic E-state index is 12.6. The van der Waals surface area contributed by atoms with Gasteiger partial charge < -0.3 is 0 Å². The first-order chi connectivity index (χ1) is 11.2. The average Bonchev–Trinajstić information content (AvgIpc) is 3.13. The van der Waals surface area contributed by atoms with Gasteiger partial charge in [0.1, 0.15) is 18.8 Å². The van der Waals surface area contributed by atoms with Crippen molar-refractivity contribution in [3.05, 3.63) is 59.2 Å². The molecule has 0 radical (unpaired) electrons. The molecule has 1 aliphatic rings. The summed E-state index contributed by atoms with van der Waals surface area (Å²) in [6, 6.07) is 8.76. The molecule has 4 nitrogen and oxygen atoms in total. The molecule has 0 aliphatic heterocycles. The Morgan fingerprint density at radius 2 is 2.26 bits per heavy atom. The molecular weight excluding hydrogens is 315 g/mol. The summed E-state index contributed by atoms with van der Waals surface area (Å²) in [4.78, 5) is 6.53. The van der Waals surface area contributed by atoms with E-state index < -0.39 is 6.67 Å². The van der Waals surface area contributed by atoms with Crippen LogP contribution in [0.15, 0.2) is 42.2 Å². The largest absolute Gasteiger partial charge is 0.284 e. The van der Waals surface area contributed by atoms with Crippen LogP contribution < -0.4 is 0 Å². The van der Waals surface area contributed by atoms with Crippen molar-refractivity contribution < 1.29 is 4.39 Å². The number of alkyl halides is 1. The lowest BCUT2D eigenvalue weighted by molar-refractivity contribution is 0.198. The topological polar surface area (TPSA) is 34.0 Å². The molecular formula is C17H20ClFN4. The van der Waals surface area contributed by atoms with Crippen LogP contribution in [0, 0.1) is 0 Å². The van der Waals surface area contributed by atoms with Gasteiger partial charge in [-0.1, -0.05) is 42.4 Å². The Kier molecular flexibility index (Phi) is 5.08. The highest BCUT2D eigenvalue weighted by atomic mass is 35.5. The van der Waals surface area contributed by atoms with E-state index >= 15 is 0 Å². The SMILES string of the molecule is C=C(Cl)CN(Cc1ncnn1CCF)C1CCc2ccccc21. The molecule has 1 heterocycles. The van der Waals surface area contributed by atoms with Crippen LogP contribution in [-0.4, -0.2) is 32.9 Å². The molecule has 0 amide bonds. The average molecular weight is 335 g/mol. The molecule has 3 rings (SSSR count).